The van der Waals surface area contributed by atoms with E-state index in [1.54, 1.807) is 12.1 Å². The molecule has 1 aliphatic carbocycles. The van der Waals surface area contributed by atoms with Gasteiger partial charge in [0.25, 0.3) is 5.91 Å². The van der Waals surface area contributed by atoms with E-state index < -0.39 is 0 Å². The number of aromatic nitrogens is 1. The second-order valence-corrected chi connectivity index (χ2v) is 4.64. The van der Waals surface area contributed by atoms with E-state index >= 15 is 0 Å². The normalized spacial score (nSPS) is 14.6. The van der Waals surface area contributed by atoms with Crippen molar-refractivity contribution in [3.63, 3.8) is 0 Å². The molecule has 0 unspecified atom stereocenters. The Morgan fingerprint density at radius 2 is 2.38 bits per heavy atom. The van der Waals surface area contributed by atoms with Gasteiger partial charge in [0.15, 0.2) is 0 Å². The van der Waals surface area contributed by atoms with Crippen LogP contribution >= 0.6 is 15.9 Å². The minimum absolute atomic E-state index is 0.0105. The lowest BCUT2D eigenvalue weighted by Gasteiger charge is -2.20. The first kappa shape index (κ1) is 11.3. The quantitative estimate of drug-likeness (QED) is 0.628. The maximum absolute atomic E-state index is 12.2. The molecule has 0 radical (unpaired) electrons. The fraction of sp³-hybridized carbons (Fsp3) is 0.333. The SMILES string of the molecule is C=CCN(C(=O)c1cccc(Br)n1)C1CC1. The molecule has 1 fully saturated rings. The molecular formula is C12H13BrN2O. The molecule has 1 heterocycles. The van der Waals surface area contributed by atoms with Crippen molar-refractivity contribution in [2.75, 3.05) is 6.54 Å². The van der Waals surface area contributed by atoms with Gasteiger partial charge in [0, 0.05) is 12.6 Å². The number of pyridine rings is 1. The lowest BCUT2D eigenvalue weighted by atomic mass is 10.3. The third-order valence-electron chi connectivity index (χ3n) is 2.51. The molecule has 0 saturated heterocycles. The fourth-order valence-electron chi connectivity index (χ4n) is 1.60. The highest BCUT2D eigenvalue weighted by Crippen LogP contribution is 2.27. The van der Waals surface area contributed by atoms with E-state index in [9.17, 15) is 4.79 Å². The van der Waals surface area contributed by atoms with Crippen LogP contribution in [0.5, 0.6) is 0 Å². The van der Waals surface area contributed by atoms with Crippen molar-refractivity contribution in [3.8, 4) is 0 Å². The molecule has 1 aromatic heterocycles. The highest BCUT2D eigenvalue weighted by Gasteiger charge is 2.32. The van der Waals surface area contributed by atoms with Crippen LogP contribution in [0.2, 0.25) is 0 Å². The highest BCUT2D eigenvalue weighted by atomic mass is 79.9. The van der Waals surface area contributed by atoms with Crippen molar-refractivity contribution in [3.05, 3.63) is 41.2 Å². The molecule has 1 aliphatic rings. The Labute approximate surface area is 103 Å². The first-order chi connectivity index (χ1) is 7.72. The third-order valence-corrected chi connectivity index (χ3v) is 2.95. The summed E-state index contributed by atoms with van der Waals surface area (Å²) in [5.74, 6) is -0.0105. The number of nitrogens with zero attached hydrogens (tertiary/aromatic N) is 2. The lowest BCUT2D eigenvalue weighted by Crippen LogP contribution is -2.33. The first-order valence-electron chi connectivity index (χ1n) is 5.27. The van der Waals surface area contributed by atoms with Crippen LogP contribution in [-0.4, -0.2) is 28.4 Å². The molecule has 0 atom stereocenters. The minimum atomic E-state index is -0.0105. The summed E-state index contributed by atoms with van der Waals surface area (Å²) < 4.78 is 0.688. The van der Waals surface area contributed by atoms with E-state index in [0.717, 1.165) is 12.8 Å². The minimum Gasteiger partial charge on any atom is -0.331 e. The monoisotopic (exact) mass is 280 g/mol. The number of halogens is 1. The van der Waals surface area contributed by atoms with Crippen LogP contribution in [0.15, 0.2) is 35.5 Å². The van der Waals surface area contributed by atoms with Gasteiger partial charge in [-0.25, -0.2) is 4.98 Å². The number of hydrogen-bond acceptors (Lipinski definition) is 2. The molecule has 1 aromatic rings. The van der Waals surface area contributed by atoms with Gasteiger partial charge in [-0.2, -0.15) is 0 Å². The van der Waals surface area contributed by atoms with E-state index in [0.29, 0.717) is 22.9 Å². The van der Waals surface area contributed by atoms with Gasteiger partial charge in [-0.3, -0.25) is 4.79 Å². The maximum Gasteiger partial charge on any atom is 0.273 e. The van der Waals surface area contributed by atoms with E-state index in [1.165, 1.54) is 0 Å². The van der Waals surface area contributed by atoms with Crippen LogP contribution < -0.4 is 0 Å². The highest BCUT2D eigenvalue weighted by molar-refractivity contribution is 9.10. The fourth-order valence-corrected chi connectivity index (χ4v) is 1.94. The van der Waals surface area contributed by atoms with Crippen molar-refractivity contribution < 1.29 is 4.79 Å². The number of rotatable bonds is 4. The summed E-state index contributed by atoms with van der Waals surface area (Å²) in [6.07, 6.45) is 3.94. The van der Waals surface area contributed by atoms with Crippen LogP contribution in [0.1, 0.15) is 23.3 Å². The zero-order chi connectivity index (χ0) is 11.5. The largest absolute Gasteiger partial charge is 0.331 e. The molecule has 16 heavy (non-hydrogen) atoms. The van der Waals surface area contributed by atoms with Crippen LogP contribution in [0, 0.1) is 0 Å². The number of hydrogen-bond donors (Lipinski definition) is 0. The molecule has 1 amide bonds. The molecule has 3 nitrogen and oxygen atoms in total. The van der Waals surface area contributed by atoms with Crippen LogP contribution in [0.25, 0.3) is 0 Å². The molecule has 84 valence electrons. The van der Waals surface area contributed by atoms with Gasteiger partial charge in [0.2, 0.25) is 0 Å². The molecule has 0 N–H and O–H groups in total. The van der Waals surface area contributed by atoms with Gasteiger partial charge in [-0.05, 0) is 40.9 Å². The lowest BCUT2D eigenvalue weighted by molar-refractivity contribution is 0.0756. The number of carbonyl (C=O) groups is 1. The van der Waals surface area contributed by atoms with E-state index in [4.69, 9.17) is 0 Å². The molecule has 1 saturated carbocycles. The van der Waals surface area contributed by atoms with E-state index in [-0.39, 0.29) is 5.91 Å². The van der Waals surface area contributed by atoms with Crippen molar-refractivity contribution >= 4 is 21.8 Å². The molecule has 0 bridgehead atoms. The standard InChI is InChI=1S/C12H13BrN2O/c1-2-8-15(9-6-7-9)12(16)10-4-3-5-11(13)14-10/h2-5,9H,1,6-8H2. The average molecular weight is 281 g/mol. The molecule has 0 spiro atoms. The molecule has 0 aromatic carbocycles. The summed E-state index contributed by atoms with van der Waals surface area (Å²) in [6.45, 7) is 4.28. The van der Waals surface area contributed by atoms with Gasteiger partial charge in [0.1, 0.15) is 10.3 Å². The van der Waals surface area contributed by atoms with Crippen molar-refractivity contribution in [2.45, 2.75) is 18.9 Å². The summed E-state index contributed by atoms with van der Waals surface area (Å²) in [4.78, 5) is 18.2. The predicted molar refractivity (Wildman–Crippen MR) is 66.2 cm³/mol. The third kappa shape index (κ3) is 2.50. The molecule has 2 rings (SSSR count). The zero-order valence-electron chi connectivity index (χ0n) is 8.90. The second kappa shape index (κ2) is 4.78. The van der Waals surface area contributed by atoms with Crippen molar-refractivity contribution in [1.82, 2.24) is 9.88 Å². The van der Waals surface area contributed by atoms with Gasteiger partial charge in [-0.15, -0.1) is 6.58 Å². The maximum atomic E-state index is 12.2. The second-order valence-electron chi connectivity index (χ2n) is 3.82. The number of amides is 1. The van der Waals surface area contributed by atoms with Gasteiger partial charge in [-0.1, -0.05) is 12.1 Å². The van der Waals surface area contributed by atoms with Crippen molar-refractivity contribution in [2.24, 2.45) is 0 Å². The topological polar surface area (TPSA) is 33.2 Å². The van der Waals surface area contributed by atoms with Gasteiger partial charge < -0.3 is 4.90 Å². The summed E-state index contributed by atoms with van der Waals surface area (Å²) in [5, 5.41) is 0. The van der Waals surface area contributed by atoms with Crippen molar-refractivity contribution in [1.29, 1.82) is 0 Å². The number of carbonyl (C=O) groups excluding carboxylic acids is 1. The average Bonchev–Trinajstić information content (AvgIpc) is 3.09. The Hall–Kier alpha value is -1.16. The van der Waals surface area contributed by atoms with Gasteiger partial charge in [0.05, 0.1) is 0 Å². The Balaban J connectivity index is 2.18. The smallest absolute Gasteiger partial charge is 0.273 e. The Kier molecular flexibility index (Phi) is 3.39. The summed E-state index contributed by atoms with van der Waals surface area (Å²) in [7, 11) is 0. The summed E-state index contributed by atoms with van der Waals surface area (Å²) >= 11 is 3.27. The Bertz CT molecular complexity index is 415. The summed E-state index contributed by atoms with van der Waals surface area (Å²) in [5.41, 5.74) is 0.489. The van der Waals surface area contributed by atoms with Crippen LogP contribution in [0.3, 0.4) is 0 Å². The van der Waals surface area contributed by atoms with E-state index in [2.05, 4.69) is 27.5 Å². The predicted octanol–water partition coefficient (Wildman–Crippen LogP) is 2.63. The Morgan fingerprint density at radius 1 is 1.62 bits per heavy atom. The van der Waals surface area contributed by atoms with Crippen LogP contribution in [0.4, 0.5) is 0 Å². The molecule has 4 heteroatoms. The first-order valence-corrected chi connectivity index (χ1v) is 6.06. The molecule has 0 aliphatic heterocycles. The van der Waals surface area contributed by atoms with Crippen LogP contribution in [-0.2, 0) is 0 Å². The van der Waals surface area contributed by atoms with Gasteiger partial charge >= 0.3 is 0 Å². The molecular weight excluding hydrogens is 268 g/mol. The zero-order valence-corrected chi connectivity index (χ0v) is 10.5. The summed E-state index contributed by atoms with van der Waals surface area (Å²) in [6, 6.07) is 5.76. The van der Waals surface area contributed by atoms with E-state index in [1.807, 2.05) is 17.0 Å². The Morgan fingerprint density at radius 3 is 2.94 bits per heavy atom.